The van der Waals surface area contributed by atoms with Gasteiger partial charge in [0.2, 0.25) is 5.91 Å². The summed E-state index contributed by atoms with van der Waals surface area (Å²) in [6.07, 6.45) is 2.18. The van der Waals surface area contributed by atoms with E-state index < -0.39 is 0 Å². The summed E-state index contributed by atoms with van der Waals surface area (Å²) in [6, 6.07) is 9.84. The van der Waals surface area contributed by atoms with Gasteiger partial charge >= 0.3 is 0 Å². The summed E-state index contributed by atoms with van der Waals surface area (Å²) >= 11 is 0. The summed E-state index contributed by atoms with van der Waals surface area (Å²) in [7, 11) is 0. The van der Waals surface area contributed by atoms with Crippen LogP contribution in [0.2, 0.25) is 0 Å². The normalized spacial score (nSPS) is 9.90. The molecule has 1 aromatic carbocycles. The van der Waals surface area contributed by atoms with Gasteiger partial charge in [-0.05, 0) is 30.5 Å². The topological polar surface area (TPSA) is 74.2 Å². The van der Waals surface area contributed by atoms with Crippen LogP contribution in [0.25, 0.3) is 0 Å². The lowest BCUT2D eigenvalue weighted by molar-refractivity contribution is -0.120. The molecule has 21 heavy (non-hydrogen) atoms. The van der Waals surface area contributed by atoms with Crippen molar-refractivity contribution in [3.8, 4) is 11.8 Å². The maximum Gasteiger partial charge on any atom is 0.233 e. The van der Waals surface area contributed by atoms with Crippen molar-refractivity contribution in [3.63, 3.8) is 0 Å². The van der Waals surface area contributed by atoms with Gasteiger partial charge in [0.1, 0.15) is 5.75 Å². The number of nitrogens with one attached hydrogen (secondary N) is 2. The maximum absolute atomic E-state index is 11.4. The van der Waals surface area contributed by atoms with Crippen LogP contribution in [0.1, 0.15) is 31.7 Å². The zero-order valence-electron chi connectivity index (χ0n) is 12.5. The van der Waals surface area contributed by atoms with Crippen molar-refractivity contribution in [2.24, 2.45) is 0 Å². The van der Waals surface area contributed by atoms with Gasteiger partial charge in [0.25, 0.3) is 0 Å². The zero-order chi connectivity index (χ0) is 15.3. The third-order valence-electron chi connectivity index (χ3n) is 2.79. The number of hydrogen-bond acceptors (Lipinski definition) is 4. The Morgan fingerprint density at radius 2 is 2.29 bits per heavy atom. The van der Waals surface area contributed by atoms with Crippen molar-refractivity contribution in [2.45, 2.75) is 32.7 Å². The summed E-state index contributed by atoms with van der Waals surface area (Å²) in [6.45, 7) is 4.22. The molecule has 0 aliphatic rings. The number of benzene rings is 1. The highest BCUT2D eigenvalue weighted by molar-refractivity contribution is 5.77. The first-order valence-electron chi connectivity index (χ1n) is 7.32. The Morgan fingerprint density at radius 1 is 1.43 bits per heavy atom. The first kappa shape index (κ1) is 17.0. The van der Waals surface area contributed by atoms with Gasteiger partial charge in [0.15, 0.2) is 0 Å². The van der Waals surface area contributed by atoms with E-state index in [1.54, 1.807) is 0 Å². The van der Waals surface area contributed by atoms with Crippen LogP contribution >= 0.6 is 0 Å². The Balaban J connectivity index is 2.29. The third-order valence-corrected chi connectivity index (χ3v) is 2.79. The van der Waals surface area contributed by atoms with Gasteiger partial charge in [0, 0.05) is 19.5 Å². The van der Waals surface area contributed by atoms with Crippen molar-refractivity contribution in [3.05, 3.63) is 29.8 Å². The van der Waals surface area contributed by atoms with Crippen molar-refractivity contribution < 1.29 is 9.53 Å². The fourth-order valence-electron chi connectivity index (χ4n) is 1.73. The second kappa shape index (κ2) is 10.7. The predicted octanol–water partition coefficient (Wildman–Crippen LogP) is 1.98. The number of nitrogens with zero attached hydrogens (tertiary/aromatic N) is 1. The molecule has 0 spiro atoms. The SMILES string of the molecule is CCCNC(=O)CNCc1cccc(OCCCC#N)c1. The Kier molecular flexibility index (Phi) is 8.65. The quantitative estimate of drug-likeness (QED) is 0.646. The number of carbonyl (C=O) groups excluding carboxylic acids is 1. The van der Waals surface area contributed by atoms with Crippen molar-refractivity contribution >= 4 is 5.91 Å². The standard InChI is InChI=1S/C16H23N3O2/c1-2-9-19-16(20)13-18-12-14-6-5-7-15(11-14)21-10-4-3-8-17/h5-7,11,18H,2-4,9-10,12-13H2,1H3,(H,19,20). The van der Waals surface area contributed by atoms with Crippen LogP contribution in [0.5, 0.6) is 5.75 Å². The van der Waals surface area contributed by atoms with Crippen LogP contribution in [-0.2, 0) is 11.3 Å². The second-order valence-electron chi connectivity index (χ2n) is 4.71. The van der Waals surface area contributed by atoms with E-state index in [-0.39, 0.29) is 5.91 Å². The molecule has 0 saturated carbocycles. The largest absolute Gasteiger partial charge is 0.494 e. The highest BCUT2D eigenvalue weighted by Gasteiger charge is 2.01. The molecular formula is C16H23N3O2. The minimum atomic E-state index is 0.0146. The van der Waals surface area contributed by atoms with Crippen molar-refractivity contribution in [2.75, 3.05) is 19.7 Å². The molecule has 0 aliphatic heterocycles. The Hall–Kier alpha value is -2.06. The second-order valence-corrected chi connectivity index (χ2v) is 4.71. The first-order valence-corrected chi connectivity index (χ1v) is 7.32. The smallest absolute Gasteiger partial charge is 0.233 e. The first-order chi connectivity index (χ1) is 10.3. The molecule has 0 unspecified atom stereocenters. The monoisotopic (exact) mass is 289 g/mol. The average molecular weight is 289 g/mol. The molecule has 0 radical (unpaired) electrons. The molecule has 5 nitrogen and oxygen atoms in total. The van der Waals surface area contributed by atoms with E-state index in [1.807, 2.05) is 31.2 Å². The van der Waals surface area contributed by atoms with Crippen LogP contribution < -0.4 is 15.4 Å². The number of carbonyl (C=O) groups is 1. The third kappa shape index (κ3) is 7.95. The van der Waals surface area contributed by atoms with E-state index in [2.05, 4.69) is 16.7 Å². The lowest BCUT2D eigenvalue weighted by Crippen LogP contribution is -2.33. The van der Waals surface area contributed by atoms with E-state index in [0.717, 1.165) is 24.2 Å². The maximum atomic E-state index is 11.4. The van der Waals surface area contributed by atoms with Gasteiger partial charge in [-0.15, -0.1) is 0 Å². The number of unbranched alkanes of at least 4 members (excludes halogenated alkanes) is 1. The molecular weight excluding hydrogens is 266 g/mol. The number of rotatable bonds is 10. The fraction of sp³-hybridized carbons (Fsp3) is 0.500. The average Bonchev–Trinajstić information content (AvgIpc) is 2.50. The predicted molar refractivity (Wildman–Crippen MR) is 81.8 cm³/mol. The van der Waals surface area contributed by atoms with E-state index in [1.165, 1.54) is 0 Å². The van der Waals surface area contributed by atoms with Crippen LogP contribution in [0.15, 0.2) is 24.3 Å². The zero-order valence-corrected chi connectivity index (χ0v) is 12.5. The highest BCUT2D eigenvalue weighted by Crippen LogP contribution is 2.13. The number of amides is 1. The Labute approximate surface area is 126 Å². The number of hydrogen-bond donors (Lipinski definition) is 2. The molecule has 5 heteroatoms. The molecule has 1 rings (SSSR count). The molecule has 0 aliphatic carbocycles. The highest BCUT2D eigenvalue weighted by atomic mass is 16.5. The van der Waals surface area contributed by atoms with Gasteiger partial charge in [-0.2, -0.15) is 5.26 Å². The summed E-state index contributed by atoms with van der Waals surface area (Å²) < 4.78 is 5.57. The van der Waals surface area contributed by atoms with E-state index in [4.69, 9.17) is 10.00 Å². The molecule has 114 valence electrons. The summed E-state index contributed by atoms with van der Waals surface area (Å²) in [5.41, 5.74) is 1.07. The van der Waals surface area contributed by atoms with Crippen LogP contribution in [0, 0.1) is 11.3 Å². The van der Waals surface area contributed by atoms with Gasteiger partial charge < -0.3 is 15.4 Å². The fourth-order valence-corrected chi connectivity index (χ4v) is 1.73. The van der Waals surface area contributed by atoms with Crippen LogP contribution in [-0.4, -0.2) is 25.6 Å². The van der Waals surface area contributed by atoms with Crippen molar-refractivity contribution in [1.82, 2.24) is 10.6 Å². The molecule has 0 heterocycles. The molecule has 1 aromatic rings. The minimum Gasteiger partial charge on any atom is -0.494 e. The number of nitriles is 1. The van der Waals surface area contributed by atoms with E-state index in [9.17, 15) is 4.79 Å². The molecule has 0 atom stereocenters. The summed E-state index contributed by atoms with van der Waals surface area (Å²) in [4.78, 5) is 11.4. The van der Waals surface area contributed by atoms with Crippen LogP contribution in [0.4, 0.5) is 0 Å². The molecule has 0 bridgehead atoms. The molecule has 1 amide bonds. The van der Waals surface area contributed by atoms with Gasteiger partial charge in [-0.25, -0.2) is 0 Å². The Bertz CT molecular complexity index is 469. The minimum absolute atomic E-state index is 0.0146. The van der Waals surface area contributed by atoms with Crippen LogP contribution in [0.3, 0.4) is 0 Å². The summed E-state index contributed by atoms with van der Waals surface area (Å²) in [5.74, 6) is 0.809. The lowest BCUT2D eigenvalue weighted by atomic mass is 10.2. The van der Waals surface area contributed by atoms with E-state index >= 15 is 0 Å². The lowest BCUT2D eigenvalue weighted by Gasteiger charge is -2.08. The number of ether oxygens (including phenoxy) is 1. The van der Waals surface area contributed by atoms with E-state index in [0.29, 0.717) is 32.7 Å². The molecule has 0 saturated heterocycles. The summed E-state index contributed by atoms with van der Waals surface area (Å²) in [5, 5.41) is 14.4. The molecule has 2 N–H and O–H groups in total. The van der Waals surface area contributed by atoms with Crippen molar-refractivity contribution in [1.29, 1.82) is 5.26 Å². The van der Waals surface area contributed by atoms with Gasteiger partial charge in [0.05, 0.1) is 19.2 Å². The molecule has 0 aromatic heterocycles. The van der Waals surface area contributed by atoms with Gasteiger partial charge in [-0.1, -0.05) is 19.1 Å². The van der Waals surface area contributed by atoms with Gasteiger partial charge in [-0.3, -0.25) is 4.79 Å². The molecule has 0 fully saturated rings. The Morgan fingerprint density at radius 3 is 3.05 bits per heavy atom.